The van der Waals surface area contributed by atoms with Crippen LogP contribution >= 0.6 is 23.1 Å². The molecule has 2 aliphatic heterocycles. The zero-order chi connectivity index (χ0) is 23.6. The van der Waals surface area contributed by atoms with Gasteiger partial charge in [0.05, 0.1) is 11.1 Å². The monoisotopic (exact) mass is 546 g/mol. The van der Waals surface area contributed by atoms with Crippen LogP contribution in [0.25, 0.3) is 10.1 Å². The number of aromatic nitrogens is 1. The Kier molecular flexibility index (Phi) is 9.94. The molecule has 3 aromatic rings. The Hall–Kier alpha value is -2.36. The van der Waals surface area contributed by atoms with Crippen molar-refractivity contribution in [2.24, 2.45) is 0 Å². The summed E-state index contributed by atoms with van der Waals surface area (Å²) in [6.45, 7) is 5.00. The highest BCUT2D eigenvalue weighted by Crippen LogP contribution is 2.31. The minimum absolute atomic E-state index is 0. The number of carbonyl (C=O) groups excluding carboxylic acids is 1. The summed E-state index contributed by atoms with van der Waals surface area (Å²) in [5.41, 5.74) is 3.05. The van der Waals surface area contributed by atoms with Gasteiger partial charge in [0.1, 0.15) is 5.82 Å². The number of rotatable bonds is 4. The molecule has 1 fully saturated rings. The molecule has 0 saturated carbocycles. The molecule has 0 unspecified atom stereocenters. The summed E-state index contributed by atoms with van der Waals surface area (Å²) in [5, 5.41) is 4.86. The number of hydrogen-bond acceptors (Lipinski definition) is 7. The topological polar surface area (TPSA) is 186 Å². The van der Waals surface area contributed by atoms with Gasteiger partial charge >= 0.3 is 10.4 Å². The molecular formula is C21H27ClN4O7S2. The number of anilines is 2. The molecule has 0 atom stereocenters. The quantitative estimate of drug-likeness (QED) is 0.410. The average Bonchev–Trinajstić information content (AvgIpc) is 3.33. The zero-order valence-corrected chi connectivity index (χ0v) is 21.0. The Labute approximate surface area is 211 Å². The minimum Gasteiger partial charge on any atom is -0.412 e. The molecule has 11 nitrogen and oxygen atoms in total. The summed E-state index contributed by atoms with van der Waals surface area (Å²) < 4.78 is 37.5. The molecule has 0 spiro atoms. The van der Waals surface area contributed by atoms with Gasteiger partial charge in [-0.2, -0.15) is 12.8 Å². The molecule has 1 aromatic heterocycles. The number of piperazine rings is 1. The standard InChI is InChI=1S/C21H21ClN4OS.H2O4S.2H2O/c22-17-13-18-15(12-20(27)23-18)11-14(17)5-6-25-7-9-26(10-8-25)21-16-3-1-2-4-19(16)28-24-21;1-5(2,3)4;;/h1-4,11,13H,5-10,12H2,(H,23,27);(H2,1,2,3,4);2*1H2. The third-order valence-electron chi connectivity index (χ3n) is 5.62. The molecule has 0 radical (unpaired) electrons. The molecule has 192 valence electrons. The summed E-state index contributed by atoms with van der Waals surface area (Å²) in [6.07, 6.45) is 1.36. The van der Waals surface area contributed by atoms with Crippen LogP contribution in [0, 0.1) is 0 Å². The molecule has 5 rings (SSSR count). The van der Waals surface area contributed by atoms with E-state index in [0.29, 0.717) is 6.42 Å². The predicted molar refractivity (Wildman–Crippen MR) is 137 cm³/mol. The second-order valence-electron chi connectivity index (χ2n) is 7.85. The van der Waals surface area contributed by atoms with Crippen LogP contribution in [-0.2, 0) is 28.0 Å². The van der Waals surface area contributed by atoms with E-state index in [0.717, 1.165) is 66.8 Å². The summed E-state index contributed by atoms with van der Waals surface area (Å²) in [5.74, 6) is 1.17. The molecule has 14 heteroatoms. The molecule has 1 amide bonds. The van der Waals surface area contributed by atoms with Crippen molar-refractivity contribution < 1.29 is 33.3 Å². The fourth-order valence-corrected chi connectivity index (χ4v) is 5.11. The number of amides is 1. The first-order valence-corrected chi connectivity index (χ1v) is 12.8. The van der Waals surface area contributed by atoms with Crippen molar-refractivity contribution >= 4 is 61.0 Å². The largest absolute Gasteiger partial charge is 0.412 e. The maximum absolute atomic E-state index is 11.6. The first kappa shape index (κ1) is 28.9. The molecule has 0 aliphatic carbocycles. The lowest BCUT2D eigenvalue weighted by Crippen LogP contribution is -2.47. The van der Waals surface area contributed by atoms with Gasteiger partial charge in [0.15, 0.2) is 0 Å². The van der Waals surface area contributed by atoms with Gasteiger partial charge in [0, 0.05) is 48.8 Å². The van der Waals surface area contributed by atoms with Crippen molar-refractivity contribution in [3.8, 4) is 0 Å². The van der Waals surface area contributed by atoms with E-state index in [1.807, 2.05) is 6.07 Å². The molecule has 0 bridgehead atoms. The Balaban J connectivity index is 0.000000565. The van der Waals surface area contributed by atoms with Crippen LogP contribution in [0.15, 0.2) is 36.4 Å². The molecule has 3 heterocycles. The third-order valence-corrected chi connectivity index (χ3v) is 6.79. The van der Waals surface area contributed by atoms with Gasteiger partial charge in [-0.3, -0.25) is 18.8 Å². The zero-order valence-electron chi connectivity index (χ0n) is 18.6. The van der Waals surface area contributed by atoms with Crippen molar-refractivity contribution in [2.75, 3.05) is 42.9 Å². The molecule has 35 heavy (non-hydrogen) atoms. The number of nitrogens with zero attached hydrogens (tertiary/aromatic N) is 3. The molecule has 2 aliphatic rings. The van der Waals surface area contributed by atoms with Gasteiger partial charge in [0.25, 0.3) is 0 Å². The predicted octanol–water partition coefficient (Wildman–Crippen LogP) is 1.51. The van der Waals surface area contributed by atoms with Gasteiger partial charge in [-0.25, -0.2) is 0 Å². The van der Waals surface area contributed by atoms with Gasteiger partial charge in [-0.05, 0) is 47.3 Å². The number of nitrogens with one attached hydrogen (secondary N) is 1. The van der Waals surface area contributed by atoms with Gasteiger partial charge < -0.3 is 21.2 Å². The van der Waals surface area contributed by atoms with E-state index >= 15 is 0 Å². The lowest BCUT2D eigenvalue weighted by molar-refractivity contribution is -0.115. The van der Waals surface area contributed by atoms with E-state index < -0.39 is 10.4 Å². The Morgan fingerprint density at radius 3 is 2.43 bits per heavy atom. The second-order valence-corrected chi connectivity index (χ2v) is 9.96. The molecule has 7 N–H and O–H groups in total. The van der Waals surface area contributed by atoms with E-state index in [4.69, 9.17) is 29.1 Å². The van der Waals surface area contributed by atoms with E-state index in [1.54, 1.807) is 11.5 Å². The van der Waals surface area contributed by atoms with E-state index in [9.17, 15) is 4.79 Å². The van der Waals surface area contributed by atoms with Crippen molar-refractivity contribution in [3.63, 3.8) is 0 Å². The first-order valence-electron chi connectivity index (χ1n) is 10.3. The van der Waals surface area contributed by atoms with Crippen LogP contribution in [0.1, 0.15) is 11.1 Å². The lowest BCUT2D eigenvalue weighted by atomic mass is 10.1. The maximum Gasteiger partial charge on any atom is 0.394 e. The summed E-state index contributed by atoms with van der Waals surface area (Å²) in [7, 11) is -4.67. The smallest absolute Gasteiger partial charge is 0.394 e. The fourth-order valence-electron chi connectivity index (χ4n) is 4.05. The van der Waals surface area contributed by atoms with Crippen molar-refractivity contribution in [1.29, 1.82) is 0 Å². The fraction of sp³-hybridized carbons (Fsp3) is 0.333. The van der Waals surface area contributed by atoms with Crippen LogP contribution in [0.5, 0.6) is 0 Å². The number of halogens is 1. The van der Waals surface area contributed by atoms with Crippen molar-refractivity contribution in [3.05, 3.63) is 52.5 Å². The highest BCUT2D eigenvalue weighted by molar-refractivity contribution is 7.79. The van der Waals surface area contributed by atoms with E-state index in [2.05, 4.69) is 49.8 Å². The third kappa shape index (κ3) is 7.56. The van der Waals surface area contributed by atoms with Crippen molar-refractivity contribution in [1.82, 2.24) is 9.27 Å². The summed E-state index contributed by atoms with van der Waals surface area (Å²) in [4.78, 5) is 16.4. The van der Waals surface area contributed by atoms with Crippen LogP contribution in [0.3, 0.4) is 0 Å². The first-order chi connectivity index (χ1) is 15.7. The summed E-state index contributed by atoms with van der Waals surface area (Å²) >= 11 is 8.01. The highest BCUT2D eigenvalue weighted by Gasteiger charge is 2.22. The summed E-state index contributed by atoms with van der Waals surface area (Å²) in [6, 6.07) is 12.4. The SMILES string of the molecule is O.O.O=C1Cc2cc(CCN3CCN(c4nsc5ccccc45)CC3)c(Cl)cc2N1.O=S(=O)(O)O. The minimum atomic E-state index is -4.67. The Morgan fingerprint density at radius 1 is 1.09 bits per heavy atom. The van der Waals surface area contributed by atoms with Gasteiger partial charge in [-0.15, -0.1) is 0 Å². The number of hydrogen-bond donors (Lipinski definition) is 3. The van der Waals surface area contributed by atoms with Crippen LogP contribution in [-0.4, -0.2) is 76.4 Å². The van der Waals surface area contributed by atoms with Crippen LogP contribution in [0.4, 0.5) is 11.5 Å². The lowest BCUT2D eigenvalue weighted by Gasteiger charge is -2.35. The maximum atomic E-state index is 11.6. The van der Waals surface area contributed by atoms with Gasteiger partial charge in [0.2, 0.25) is 5.91 Å². The van der Waals surface area contributed by atoms with Crippen LogP contribution in [0.2, 0.25) is 5.02 Å². The second kappa shape index (κ2) is 12.1. The number of benzene rings is 2. The highest BCUT2D eigenvalue weighted by atomic mass is 35.5. The van der Waals surface area contributed by atoms with E-state index in [-0.39, 0.29) is 16.9 Å². The normalized spacial score (nSPS) is 15.4. The number of carbonyl (C=O) groups is 1. The van der Waals surface area contributed by atoms with Crippen LogP contribution < -0.4 is 10.2 Å². The average molecular weight is 547 g/mol. The van der Waals surface area contributed by atoms with Gasteiger partial charge in [-0.1, -0.05) is 29.8 Å². The Morgan fingerprint density at radius 2 is 1.74 bits per heavy atom. The Bertz CT molecular complexity index is 1270. The molecule has 1 saturated heterocycles. The van der Waals surface area contributed by atoms with Crippen molar-refractivity contribution in [2.45, 2.75) is 12.8 Å². The number of fused-ring (bicyclic) bond motifs is 2. The molecule has 2 aromatic carbocycles. The van der Waals surface area contributed by atoms with E-state index in [1.165, 1.54) is 10.1 Å². The molecular weight excluding hydrogens is 520 g/mol.